The van der Waals surface area contributed by atoms with Gasteiger partial charge in [-0.05, 0) is 56.6 Å². The molecule has 2 aliphatic rings. The van der Waals surface area contributed by atoms with E-state index >= 15 is 0 Å². The van der Waals surface area contributed by atoms with Crippen molar-refractivity contribution in [1.29, 1.82) is 0 Å². The van der Waals surface area contributed by atoms with Gasteiger partial charge in [0.2, 0.25) is 5.95 Å². The van der Waals surface area contributed by atoms with Gasteiger partial charge in [0.1, 0.15) is 5.65 Å². The summed E-state index contributed by atoms with van der Waals surface area (Å²) in [5, 5.41) is 4.60. The molecule has 3 heterocycles. The summed E-state index contributed by atoms with van der Waals surface area (Å²) in [6.45, 7) is 8.91. The molecule has 1 saturated carbocycles. The van der Waals surface area contributed by atoms with E-state index in [1.54, 1.807) is 0 Å². The van der Waals surface area contributed by atoms with Crippen molar-refractivity contribution in [3.8, 4) is 11.1 Å². The molecular formula is C30H43N5. The Balaban J connectivity index is 1.44. The van der Waals surface area contributed by atoms with Gasteiger partial charge >= 0.3 is 0 Å². The first kappa shape index (κ1) is 24.3. The Hall–Kier alpha value is -2.40. The second-order valence-electron chi connectivity index (χ2n) is 10.8. The van der Waals surface area contributed by atoms with Crippen molar-refractivity contribution < 1.29 is 0 Å². The Morgan fingerprint density at radius 1 is 1.00 bits per heavy atom. The summed E-state index contributed by atoms with van der Waals surface area (Å²) >= 11 is 0. The fraction of sp³-hybridized carbons (Fsp3) is 0.600. The maximum Gasteiger partial charge on any atom is 0.224 e. The summed E-state index contributed by atoms with van der Waals surface area (Å²) in [6.07, 6.45) is 17.1. The molecule has 1 N–H and O–H groups in total. The zero-order valence-electron chi connectivity index (χ0n) is 22.0. The third kappa shape index (κ3) is 5.25. The number of likely N-dealkylation sites (tertiary alicyclic amines) is 1. The number of rotatable bonds is 9. The molecule has 2 atom stereocenters. The van der Waals surface area contributed by atoms with E-state index in [9.17, 15) is 0 Å². The van der Waals surface area contributed by atoms with Gasteiger partial charge in [0.05, 0.1) is 0 Å². The van der Waals surface area contributed by atoms with Crippen molar-refractivity contribution >= 4 is 17.0 Å². The number of aromatic nitrogens is 3. The van der Waals surface area contributed by atoms with Crippen molar-refractivity contribution in [2.24, 2.45) is 0 Å². The van der Waals surface area contributed by atoms with Crippen LogP contribution in [0.25, 0.3) is 22.2 Å². The number of unbranched alkanes of at least 4 members (excludes halogenated alkanes) is 1. The molecule has 1 aliphatic carbocycles. The highest BCUT2D eigenvalue weighted by molar-refractivity contribution is 5.94. The highest BCUT2D eigenvalue weighted by atomic mass is 15.2. The Morgan fingerprint density at radius 3 is 2.54 bits per heavy atom. The molecule has 2 unspecified atom stereocenters. The predicted octanol–water partition coefficient (Wildman–Crippen LogP) is 7.58. The molecule has 1 aromatic carbocycles. The largest absolute Gasteiger partial charge is 0.354 e. The number of nitrogens with one attached hydrogen (secondary N) is 1. The van der Waals surface area contributed by atoms with Crippen LogP contribution in [-0.2, 0) is 6.54 Å². The van der Waals surface area contributed by atoms with Gasteiger partial charge < -0.3 is 9.88 Å². The molecule has 35 heavy (non-hydrogen) atoms. The first-order valence-electron chi connectivity index (χ1n) is 14.1. The first-order chi connectivity index (χ1) is 17.2. The van der Waals surface area contributed by atoms with Gasteiger partial charge in [0.15, 0.2) is 0 Å². The summed E-state index contributed by atoms with van der Waals surface area (Å²) in [5.41, 5.74) is 5.03. The maximum absolute atomic E-state index is 5.01. The second-order valence-corrected chi connectivity index (χ2v) is 10.8. The van der Waals surface area contributed by atoms with E-state index in [4.69, 9.17) is 9.97 Å². The van der Waals surface area contributed by atoms with E-state index in [1.807, 2.05) is 6.20 Å². The molecule has 1 aliphatic heterocycles. The average molecular weight is 474 g/mol. The van der Waals surface area contributed by atoms with Crippen LogP contribution in [0.15, 0.2) is 36.7 Å². The zero-order chi connectivity index (χ0) is 24.2. The highest BCUT2D eigenvalue weighted by Crippen LogP contribution is 2.37. The molecule has 0 amide bonds. The molecule has 5 nitrogen and oxygen atoms in total. The normalized spacial score (nSPS) is 21.7. The van der Waals surface area contributed by atoms with Crippen molar-refractivity contribution in [3.05, 3.63) is 42.2 Å². The minimum Gasteiger partial charge on any atom is -0.354 e. The van der Waals surface area contributed by atoms with Crippen LogP contribution in [-0.4, -0.2) is 38.1 Å². The van der Waals surface area contributed by atoms with Crippen LogP contribution in [0.4, 0.5) is 5.95 Å². The van der Waals surface area contributed by atoms with Gasteiger partial charge in [-0.25, -0.2) is 4.98 Å². The van der Waals surface area contributed by atoms with Crippen LogP contribution in [0.3, 0.4) is 0 Å². The van der Waals surface area contributed by atoms with Crippen LogP contribution in [0.1, 0.15) is 96.6 Å². The van der Waals surface area contributed by atoms with Crippen LogP contribution in [0.2, 0.25) is 0 Å². The van der Waals surface area contributed by atoms with Gasteiger partial charge in [0.25, 0.3) is 0 Å². The van der Waals surface area contributed by atoms with E-state index in [2.05, 4.69) is 66.0 Å². The quantitative estimate of drug-likeness (QED) is 0.325. The molecule has 5 heteroatoms. The molecule has 3 aromatic rings. The van der Waals surface area contributed by atoms with Crippen molar-refractivity contribution in [2.75, 3.05) is 11.9 Å². The second kappa shape index (κ2) is 11.1. The lowest BCUT2D eigenvalue weighted by Crippen LogP contribution is -2.33. The summed E-state index contributed by atoms with van der Waals surface area (Å²) in [7, 11) is 0. The Labute approximate surface area is 211 Å². The number of benzene rings is 1. The smallest absolute Gasteiger partial charge is 0.224 e. The monoisotopic (exact) mass is 473 g/mol. The Bertz CT molecular complexity index is 1100. The van der Waals surface area contributed by atoms with Crippen LogP contribution < -0.4 is 5.32 Å². The van der Waals surface area contributed by atoms with Gasteiger partial charge in [-0.1, -0.05) is 63.8 Å². The molecule has 2 fully saturated rings. The minimum absolute atomic E-state index is 0.542. The number of hydrogen-bond donors (Lipinski definition) is 1. The summed E-state index contributed by atoms with van der Waals surface area (Å²) in [4.78, 5) is 12.4. The van der Waals surface area contributed by atoms with Gasteiger partial charge in [-0.2, -0.15) is 4.98 Å². The molecule has 1 saturated heterocycles. The zero-order valence-corrected chi connectivity index (χ0v) is 22.0. The number of hydrogen-bond acceptors (Lipinski definition) is 4. The predicted molar refractivity (Wildman–Crippen MR) is 147 cm³/mol. The van der Waals surface area contributed by atoms with Gasteiger partial charge in [-0.3, -0.25) is 4.90 Å². The lowest BCUT2D eigenvalue weighted by atomic mass is 9.95. The summed E-state index contributed by atoms with van der Waals surface area (Å²) in [5.74, 6) is 0.758. The van der Waals surface area contributed by atoms with Crippen LogP contribution in [0.5, 0.6) is 0 Å². The van der Waals surface area contributed by atoms with E-state index in [0.29, 0.717) is 12.1 Å². The average Bonchev–Trinajstić information content (AvgIpc) is 3.45. The number of anilines is 1. The molecule has 0 radical (unpaired) electrons. The first-order valence-corrected chi connectivity index (χ1v) is 14.1. The highest BCUT2D eigenvalue weighted by Gasteiger charge is 2.29. The van der Waals surface area contributed by atoms with E-state index in [-0.39, 0.29) is 0 Å². The van der Waals surface area contributed by atoms with E-state index < -0.39 is 0 Å². The molecule has 2 aromatic heterocycles. The van der Waals surface area contributed by atoms with Gasteiger partial charge in [0, 0.05) is 54.6 Å². The molecule has 5 rings (SSSR count). The SMILES string of the molecule is CCCCNc1ncc2c(-c3ccc(CN4C(C)CCC4CC)cc3)cn(C3CCCCC3)c2n1. The summed E-state index contributed by atoms with van der Waals surface area (Å²) in [6, 6.07) is 11.2. The fourth-order valence-corrected chi connectivity index (χ4v) is 6.21. The minimum atomic E-state index is 0.542. The molecule has 0 spiro atoms. The topological polar surface area (TPSA) is 46.0 Å². The van der Waals surface area contributed by atoms with Crippen molar-refractivity contribution in [1.82, 2.24) is 19.4 Å². The summed E-state index contributed by atoms with van der Waals surface area (Å²) < 4.78 is 2.46. The standard InChI is InChI=1S/C30H43N5/c1-4-6-18-31-30-32-19-27-28(21-35(29(27)33-30)26-10-8-7-9-11-26)24-15-13-23(14-16-24)20-34-22(3)12-17-25(34)5-2/h13-16,19,21-22,25-26H,4-12,17-18,20H2,1-3H3,(H,31,32,33). The Morgan fingerprint density at radius 2 is 1.80 bits per heavy atom. The third-order valence-corrected chi connectivity index (χ3v) is 8.41. The van der Waals surface area contributed by atoms with E-state index in [0.717, 1.165) is 37.1 Å². The van der Waals surface area contributed by atoms with Crippen LogP contribution >= 0.6 is 0 Å². The number of fused-ring (bicyclic) bond motifs is 1. The van der Waals surface area contributed by atoms with Gasteiger partial charge in [-0.15, -0.1) is 0 Å². The lowest BCUT2D eigenvalue weighted by Gasteiger charge is -2.27. The molecular weight excluding hydrogens is 430 g/mol. The lowest BCUT2D eigenvalue weighted by molar-refractivity contribution is 0.189. The maximum atomic E-state index is 5.01. The third-order valence-electron chi connectivity index (χ3n) is 8.41. The Kier molecular flexibility index (Phi) is 7.72. The van der Waals surface area contributed by atoms with Crippen molar-refractivity contribution in [2.45, 2.75) is 110 Å². The molecule has 188 valence electrons. The molecule has 0 bridgehead atoms. The number of nitrogens with zero attached hydrogens (tertiary/aromatic N) is 4. The van der Waals surface area contributed by atoms with Crippen LogP contribution in [0, 0.1) is 0 Å². The fourth-order valence-electron chi connectivity index (χ4n) is 6.21. The van der Waals surface area contributed by atoms with Crippen molar-refractivity contribution in [3.63, 3.8) is 0 Å². The van der Waals surface area contributed by atoms with E-state index in [1.165, 1.54) is 79.9 Å².